The number of ether oxygens (including phenoxy) is 1. The van der Waals surface area contributed by atoms with Gasteiger partial charge in [0.25, 0.3) is 5.69 Å². The third-order valence-corrected chi connectivity index (χ3v) is 3.21. The molecule has 0 heterocycles. The Bertz CT molecular complexity index is 716. The molecule has 0 amide bonds. The Morgan fingerprint density at radius 2 is 2.00 bits per heavy atom. The van der Waals surface area contributed by atoms with Crippen LogP contribution in [-0.4, -0.2) is 23.0 Å². The fourth-order valence-electron chi connectivity index (χ4n) is 1.90. The summed E-state index contributed by atoms with van der Waals surface area (Å²) in [4.78, 5) is 10.3. The molecule has 0 saturated carbocycles. The van der Waals surface area contributed by atoms with E-state index in [0.717, 1.165) is 0 Å². The minimum absolute atomic E-state index is 0.0983. The standard InChI is InChI=1S/C14H11ClN2O4/c1-21-13-5-3-2-4-10(13)14(16-18)11-8-9(17(19)20)6-7-12(11)15/h2-8,18H,1H3. The number of benzene rings is 2. The number of methoxy groups -OCH3 is 1. The molecule has 2 aromatic carbocycles. The maximum absolute atomic E-state index is 10.9. The van der Waals surface area contributed by atoms with Gasteiger partial charge in [-0.05, 0) is 18.2 Å². The topological polar surface area (TPSA) is 85.0 Å². The van der Waals surface area contributed by atoms with Gasteiger partial charge in [0.2, 0.25) is 0 Å². The molecular weight excluding hydrogens is 296 g/mol. The summed E-state index contributed by atoms with van der Waals surface area (Å²) in [5.41, 5.74) is 0.675. The molecule has 0 atom stereocenters. The second-order valence-electron chi connectivity index (χ2n) is 4.07. The first-order valence-corrected chi connectivity index (χ1v) is 6.26. The summed E-state index contributed by atoms with van der Waals surface area (Å²) in [6.07, 6.45) is 0. The number of halogens is 1. The van der Waals surface area contributed by atoms with Gasteiger partial charge in [-0.2, -0.15) is 0 Å². The zero-order chi connectivity index (χ0) is 15.4. The average Bonchev–Trinajstić information content (AvgIpc) is 2.50. The number of hydrogen-bond donors (Lipinski definition) is 1. The molecular formula is C14H11ClN2O4. The lowest BCUT2D eigenvalue weighted by Gasteiger charge is -2.11. The number of para-hydroxylation sites is 1. The summed E-state index contributed by atoms with van der Waals surface area (Å²) in [6.45, 7) is 0. The number of nitro groups is 1. The minimum Gasteiger partial charge on any atom is -0.496 e. The van der Waals surface area contributed by atoms with Gasteiger partial charge in [0, 0.05) is 23.3 Å². The number of rotatable bonds is 4. The van der Waals surface area contributed by atoms with Crippen molar-refractivity contribution in [1.82, 2.24) is 0 Å². The Labute approximate surface area is 125 Å². The maximum Gasteiger partial charge on any atom is 0.270 e. The number of hydrogen-bond acceptors (Lipinski definition) is 5. The molecule has 0 radical (unpaired) electrons. The highest BCUT2D eigenvalue weighted by molar-refractivity contribution is 6.35. The Morgan fingerprint density at radius 3 is 2.62 bits per heavy atom. The normalized spacial score (nSPS) is 11.2. The van der Waals surface area contributed by atoms with E-state index in [1.807, 2.05) is 0 Å². The zero-order valence-electron chi connectivity index (χ0n) is 11.0. The van der Waals surface area contributed by atoms with E-state index in [4.69, 9.17) is 16.3 Å². The van der Waals surface area contributed by atoms with Crippen LogP contribution in [0.1, 0.15) is 11.1 Å². The van der Waals surface area contributed by atoms with Crippen LogP contribution >= 0.6 is 11.6 Å². The summed E-state index contributed by atoms with van der Waals surface area (Å²) in [5.74, 6) is 0.466. The molecule has 0 saturated heterocycles. The lowest BCUT2D eigenvalue weighted by molar-refractivity contribution is -0.384. The molecule has 2 aromatic rings. The number of nitro benzene ring substituents is 1. The molecule has 0 unspecified atom stereocenters. The maximum atomic E-state index is 10.9. The van der Waals surface area contributed by atoms with Gasteiger partial charge in [-0.1, -0.05) is 28.9 Å². The average molecular weight is 307 g/mol. The van der Waals surface area contributed by atoms with Crippen LogP contribution in [0.25, 0.3) is 0 Å². The Morgan fingerprint density at radius 1 is 1.29 bits per heavy atom. The van der Waals surface area contributed by atoms with Crippen LogP contribution in [0, 0.1) is 10.1 Å². The monoisotopic (exact) mass is 306 g/mol. The first kappa shape index (κ1) is 14.8. The molecule has 0 spiro atoms. The van der Waals surface area contributed by atoms with E-state index in [1.165, 1.54) is 25.3 Å². The van der Waals surface area contributed by atoms with E-state index in [0.29, 0.717) is 11.3 Å². The molecule has 0 fully saturated rings. The van der Waals surface area contributed by atoms with Gasteiger partial charge >= 0.3 is 0 Å². The molecule has 108 valence electrons. The van der Waals surface area contributed by atoms with Crippen LogP contribution in [-0.2, 0) is 0 Å². The van der Waals surface area contributed by atoms with Crippen LogP contribution in [0.4, 0.5) is 5.69 Å². The molecule has 0 aliphatic heterocycles. The van der Waals surface area contributed by atoms with Crippen LogP contribution in [0.5, 0.6) is 5.75 Å². The quantitative estimate of drug-likeness (QED) is 0.405. The van der Waals surface area contributed by atoms with Gasteiger partial charge in [0.15, 0.2) is 0 Å². The smallest absolute Gasteiger partial charge is 0.270 e. The molecule has 1 N–H and O–H groups in total. The van der Waals surface area contributed by atoms with E-state index in [1.54, 1.807) is 24.3 Å². The predicted octanol–water partition coefficient (Wildman–Crippen LogP) is 3.48. The van der Waals surface area contributed by atoms with Gasteiger partial charge in [-0.3, -0.25) is 10.1 Å². The summed E-state index contributed by atoms with van der Waals surface area (Å²) < 4.78 is 5.20. The number of nitrogens with zero attached hydrogens (tertiary/aromatic N) is 2. The van der Waals surface area contributed by atoms with Crippen molar-refractivity contribution >= 4 is 23.0 Å². The van der Waals surface area contributed by atoms with Crippen molar-refractivity contribution in [2.24, 2.45) is 5.16 Å². The minimum atomic E-state index is -0.545. The largest absolute Gasteiger partial charge is 0.496 e. The van der Waals surface area contributed by atoms with Crippen molar-refractivity contribution in [2.45, 2.75) is 0 Å². The highest BCUT2D eigenvalue weighted by atomic mass is 35.5. The van der Waals surface area contributed by atoms with Crippen LogP contribution in [0.15, 0.2) is 47.6 Å². The highest BCUT2D eigenvalue weighted by Gasteiger charge is 2.19. The van der Waals surface area contributed by atoms with Gasteiger partial charge in [-0.15, -0.1) is 0 Å². The van der Waals surface area contributed by atoms with Gasteiger partial charge in [-0.25, -0.2) is 0 Å². The molecule has 0 bridgehead atoms. The summed E-state index contributed by atoms with van der Waals surface area (Å²) in [6, 6.07) is 10.8. The summed E-state index contributed by atoms with van der Waals surface area (Å²) >= 11 is 6.06. The number of non-ortho nitro benzene ring substituents is 1. The van der Waals surface area contributed by atoms with E-state index < -0.39 is 4.92 Å². The van der Waals surface area contributed by atoms with Crippen LogP contribution in [0.2, 0.25) is 5.02 Å². The molecule has 2 rings (SSSR count). The van der Waals surface area contributed by atoms with E-state index >= 15 is 0 Å². The lowest BCUT2D eigenvalue weighted by Crippen LogP contribution is -2.07. The first-order chi connectivity index (χ1) is 10.1. The van der Waals surface area contributed by atoms with Crippen LogP contribution < -0.4 is 4.74 Å². The second-order valence-corrected chi connectivity index (χ2v) is 4.48. The third-order valence-electron chi connectivity index (χ3n) is 2.88. The molecule has 7 heteroatoms. The second kappa shape index (κ2) is 6.23. The van der Waals surface area contributed by atoms with E-state index in [-0.39, 0.29) is 22.0 Å². The molecule has 21 heavy (non-hydrogen) atoms. The molecule has 0 aliphatic carbocycles. The zero-order valence-corrected chi connectivity index (χ0v) is 11.7. The third kappa shape index (κ3) is 2.95. The predicted molar refractivity (Wildman–Crippen MR) is 78.5 cm³/mol. The molecule has 0 aliphatic rings. The van der Waals surface area contributed by atoms with Crippen molar-refractivity contribution in [3.8, 4) is 5.75 Å². The van der Waals surface area contributed by atoms with Crippen molar-refractivity contribution in [3.63, 3.8) is 0 Å². The lowest BCUT2D eigenvalue weighted by atomic mass is 10.0. The highest BCUT2D eigenvalue weighted by Crippen LogP contribution is 2.28. The van der Waals surface area contributed by atoms with Crippen molar-refractivity contribution in [3.05, 3.63) is 68.7 Å². The van der Waals surface area contributed by atoms with Crippen molar-refractivity contribution in [1.29, 1.82) is 0 Å². The fourth-order valence-corrected chi connectivity index (χ4v) is 2.11. The summed E-state index contributed by atoms with van der Waals surface area (Å²) in [5, 5.41) is 23.6. The van der Waals surface area contributed by atoms with Crippen molar-refractivity contribution in [2.75, 3.05) is 7.11 Å². The Kier molecular flexibility index (Phi) is 4.39. The Hall–Kier alpha value is -2.60. The SMILES string of the molecule is COc1ccccc1C(=NO)c1cc([N+](=O)[O-])ccc1Cl. The van der Waals surface area contributed by atoms with Crippen molar-refractivity contribution < 1.29 is 14.9 Å². The number of oxime groups is 1. The molecule has 0 aromatic heterocycles. The van der Waals surface area contributed by atoms with E-state index in [2.05, 4.69) is 5.16 Å². The van der Waals surface area contributed by atoms with Crippen LogP contribution in [0.3, 0.4) is 0 Å². The molecule has 6 nitrogen and oxygen atoms in total. The fraction of sp³-hybridized carbons (Fsp3) is 0.0714. The van der Waals surface area contributed by atoms with Gasteiger partial charge < -0.3 is 9.94 Å². The van der Waals surface area contributed by atoms with Gasteiger partial charge in [0.1, 0.15) is 11.5 Å². The summed E-state index contributed by atoms with van der Waals surface area (Å²) in [7, 11) is 1.48. The van der Waals surface area contributed by atoms with E-state index in [9.17, 15) is 15.3 Å². The van der Waals surface area contributed by atoms with Gasteiger partial charge in [0.05, 0.1) is 17.1 Å². The first-order valence-electron chi connectivity index (χ1n) is 5.88. The Balaban J connectivity index is 2.62.